The van der Waals surface area contributed by atoms with E-state index in [0.29, 0.717) is 0 Å². The van der Waals surface area contributed by atoms with Gasteiger partial charge in [-0.1, -0.05) is 53.0 Å². The zero-order chi connectivity index (χ0) is 12.0. The van der Waals surface area contributed by atoms with Gasteiger partial charge in [-0.2, -0.15) is 0 Å². The Morgan fingerprint density at radius 1 is 1.44 bits per heavy atom. The second-order valence-corrected chi connectivity index (χ2v) is 4.93. The van der Waals surface area contributed by atoms with Crippen LogP contribution in [0.5, 0.6) is 0 Å². The SMILES string of the molecule is CCNC/C(=C/c1cc(Br)ccc1Cl)CC. The highest BCUT2D eigenvalue weighted by molar-refractivity contribution is 9.10. The molecule has 0 spiro atoms. The van der Waals surface area contributed by atoms with E-state index < -0.39 is 0 Å². The number of halogens is 2. The van der Waals surface area contributed by atoms with Crippen molar-refractivity contribution in [2.75, 3.05) is 13.1 Å². The average Bonchev–Trinajstić information content (AvgIpc) is 2.28. The Bertz CT molecular complexity index is 374. The Kier molecular flexibility index (Phi) is 6.10. The third-order valence-corrected chi connectivity index (χ3v) is 3.21. The van der Waals surface area contributed by atoms with Gasteiger partial charge in [-0.3, -0.25) is 0 Å². The van der Waals surface area contributed by atoms with E-state index in [0.717, 1.165) is 34.6 Å². The van der Waals surface area contributed by atoms with E-state index in [1.807, 2.05) is 18.2 Å². The standard InChI is InChI=1S/C13H17BrClN/c1-3-10(9-16-4-2)7-11-8-12(14)5-6-13(11)15/h5-8,16H,3-4,9H2,1-2H3/b10-7+. The van der Waals surface area contributed by atoms with E-state index in [1.165, 1.54) is 5.57 Å². The largest absolute Gasteiger partial charge is 0.313 e. The first-order chi connectivity index (χ1) is 7.67. The molecular formula is C13H17BrClN. The average molecular weight is 303 g/mol. The first-order valence-electron chi connectivity index (χ1n) is 5.52. The highest BCUT2D eigenvalue weighted by Crippen LogP contribution is 2.23. The van der Waals surface area contributed by atoms with E-state index in [9.17, 15) is 0 Å². The predicted molar refractivity (Wildman–Crippen MR) is 76.0 cm³/mol. The molecule has 0 bridgehead atoms. The van der Waals surface area contributed by atoms with E-state index in [1.54, 1.807) is 0 Å². The number of rotatable bonds is 5. The molecule has 3 heteroatoms. The minimum absolute atomic E-state index is 0.797. The molecule has 0 aliphatic rings. The van der Waals surface area contributed by atoms with Crippen LogP contribution in [0.25, 0.3) is 6.08 Å². The summed E-state index contributed by atoms with van der Waals surface area (Å²) in [5.41, 5.74) is 2.44. The van der Waals surface area contributed by atoms with Crippen LogP contribution in [0.4, 0.5) is 0 Å². The van der Waals surface area contributed by atoms with Crippen molar-refractivity contribution in [3.63, 3.8) is 0 Å². The Morgan fingerprint density at radius 3 is 2.81 bits per heavy atom. The number of nitrogens with one attached hydrogen (secondary N) is 1. The van der Waals surface area contributed by atoms with Crippen LogP contribution in [-0.4, -0.2) is 13.1 Å². The quantitative estimate of drug-likeness (QED) is 0.844. The van der Waals surface area contributed by atoms with Gasteiger partial charge in [0.05, 0.1) is 0 Å². The van der Waals surface area contributed by atoms with Crippen LogP contribution in [0.15, 0.2) is 28.2 Å². The molecule has 1 rings (SSSR count). The van der Waals surface area contributed by atoms with E-state index in [-0.39, 0.29) is 0 Å². The van der Waals surface area contributed by atoms with Crippen LogP contribution in [0.2, 0.25) is 5.02 Å². The monoisotopic (exact) mass is 301 g/mol. The fraction of sp³-hybridized carbons (Fsp3) is 0.385. The zero-order valence-electron chi connectivity index (χ0n) is 9.69. The molecule has 0 saturated carbocycles. The molecule has 0 aromatic heterocycles. The molecule has 1 N–H and O–H groups in total. The molecule has 16 heavy (non-hydrogen) atoms. The van der Waals surface area contributed by atoms with E-state index in [4.69, 9.17) is 11.6 Å². The second-order valence-electron chi connectivity index (χ2n) is 3.60. The lowest BCUT2D eigenvalue weighted by molar-refractivity contribution is 0.762. The van der Waals surface area contributed by atoms with Crippen LogP contribution >= 0.6 is 27.5 Å². The first kappa shape index (κ1) is 13.8. The Hall–Kier alpha value is -0.310. The fourth-order valence-electron chi connectivity index (χ4n) is 1.41. The summed E-state index contributed by atoms with van der Waals surface area (Å²) in [7, 11) is 0. The van der Waals surface area contributed by atoms with Gasteiger partial charge in [0.1, 0.15) is 0 Å². The molecule has 1 aromatic carbocycles. The highest BCUT2D eigenvalue weighted by atomic mass is 79.9. The van der Waals surface area contributed by atoms with Crippen molar-refractivity contribution in [3.05, 3.63) is 38.8 Å². The highest BCUT2D eigenvalue weighted by Gasteiger charge is 2.00. The summed E-state index contributed by atoms with van der Waals surface area (Å²) in [6, 6.07) is 5.91. The molecule has 0 atom stereocenters. The summed E-state index contributed by atoms with van der Waals surface area (Å²) < 4.78 is 1.06. The van der Waals surface area contributed by atoms with Gasteiger partial charge in [-0.15, -0.1) is 0 Å². The normalized spacial score (nSPS) is 11.9. The first-order valence-corrected chi connectivity index (χ1v) is 6.69. The van der Waals surface area contributed by atoms with Crippen molar-refractivity contribution >= 4 is 33.6 Å². The van der Waals surface area contributed by atoms with Crippen molar-refractivity contribution in [2.45, 2.75) is 20.3 Å². The fourth-order valence-corrected chi connectivity index (χ4v) is 1.96. The second kappa shape index (κ2) is 7.10. The minimum atomic E-state index is 0.797. The molecule has 88 valence electrons. The van der Waals surface area contributed by atoms with Crippen LogP contribution in [0.3, 0.4) is 0 Å². The molecular weight excluding hydrogens is 286 g/mol. The Morgan fingerprint density at radius 2 is 2.19 bits per heavy atom. The molecule has 0 saturated heterocycles. The summed E-state index contributed by atoms with van der Waals surface area (Å²) >= 11 is 9.60. The summed E-state index contributed by atoms with van der Waals surface area (Å²) in [6.07, 6.45) is 3.20. The van der Waals surface area contributed by atoms with Gasteiger partial charge in [-0.05, 0) is 36.7 Å². The van der Waals surface area contributed by atoms with Crippen molar-refractivity contribution in [1.82, 2.24) is 5.32 Å². The maximum Gasteiger partial charge on any atom is 0.0479 e. The third-order valence-electron chi connectivity index (χ3n) is 2.37. The molecule has 0 fully saturated rings. The van der Waals surface area contributed by atoms with Gasteiger partial charge in [0.15, 0.2) is 0 Å². The van der Waals surface area contributed by atoms with Gasteiger partial charge >= 0.3 is 0 Å². The van der Waals surface area contributed by atoms with Crippen LogP contribution in [-0.2, 0) is 0 Å². The predicted octanol–water partition coefficient (Wildman–Crippen LogP) is 4.51. The van der Waals surface area contributed by atoms with Gasteiger partial charge < -0.3 is 5.32 Å². The van der Waals surface area contributed by atoms with Crippen molar-refractivity contribution < 1.29 is 0 Å². The lowest BCUT2D eigenvalue weighted by Crippen LogP contribution is -2.15. The van der Waals surface area contributed by atoms with E-state index >= 15 is 0 Å². The molecule has 0 heterocycles. The van der Waals surface area contributed by atoms with Crippen molar-refractivity contribution in [1.29, 1.82) is 0 Å². The topological polar surface area (TPSA) is 12.0 Å². The van der Waals surface area contributed by atoms with Gasteiger partial charge in [0.2, 0.25) is 0 Å². The van der Waals surface area contributed by atoms with Crippen LogP contribution in [0.1, 0.15) is 25.8 Å². The number of likely N-dealkylation sites (N-methyl/N-ethyl adjacent to an activating group) is 1. The van der Waals surface area contributed by atoms with Crippen molar-refractivity contribution in [2.24, 2.45) is 0 Å². The Labute approximate surface area is 111 Å². The van der Waals surface area contributed by atoms with E-state index in [2.05, 4.69) is 41.2 Å². The summed E-state index contributed by atoms with van der Waals surface area (Å²) in [5.74, 6) is 0. The summed E-state index contributed by atoms with van der Waals surface area (Å²) in [5, 5.41) is 4.13. The Balaban J connectivity index is 2.89. The summed E-state index contributed by atoms with van der Waals surface area (Å²) in [6.45, 7) is 6.19. The number of hydrogen-bond donors (Lipinski definition) is 1. The molecule has 1 aromatic rings. The number of hydrogen-bond acceptors (Lipinski definition) is 1. The lowest BCUT2D eigenvalue weighted by Gasteiger charge is -2.07. The van der Waals surface area contributed by atoms with Gasteiger partial charge in [0.25, 0.3) is 0 Å². The van der Waals surface area contributed by atoms with Crippen LogP contribution in [0, 0.1) is 0 Å². The minimum Gasteiger partial charge on any atom is -0.313 e. The molecule has 0 aliphatic heterocycles. The maximum atomic E-state index is 6.15. The van der Waals surface area contributed by atoms with Crippen LogP contribution < -0.4 is 5.32 Å². The van der Waals surface area contributed by atoms with Gasteiger partial charge in [0, 0.05) is 16.0 Å². The molecule has 0 amide bonds. The molecule has 0 radical (unpaired) electrons. The lowest BCUT2D eigenvalue weighted by atomic mass is 10.1. The zero-order valence-corrected chi connectivity index (χ0v) is 12.0. The summed E-state index contributed by atoms with van der Waals surface area (Å²) in [4.78, 5) is 0. The molecule has 0 aliphatic carbocycles. The number of benzene rings is 1. The molecule has 1 nitrogen and oxygen atoms in total. The maximum absolute atomic E-state index is 6.15. The smallest absolute Gasteiger partial charge is 0.0479 e. The molecule has 0 unspecified atom stereocenters. The van der Waals surface area contributed by atoms with Gasteiger partial charge in [-0.25, -0.2) is 0 Å². The third kappa shape index (κ3) is 4.28. The van der Waals surface area contributed by atoms with Crippen molar-refractivity contribution in [3.8, 4) is 0 Å².